The van der Waals surface area contributed by atoms with Crippen molar-refractivity contribution in [2.45, 2.75) is 5.37 Å². The number of carbonyl (C=O) groups is 1. The molecule has 58 valence electrons. The number of primary amides is 1. The fourth-order valence-corrected chi connectivity index (χ4v) is 2.22. The molecule has 1 unspecified atom stereocenters. The van der Waals surface area contributed by atoms with Crippen LogP contribution in [0.1, 0.15) is 0 Å². The normalized spacial score (nSPS) is 30.2. The summed E-state index contributed by atoms with van der Waals surface area (Å²) in [6.45, 7) is 0.315. The zero-order valence-corrected chi connectivity index (χ0v) is 6.02. The highest BCUT2D eigenvalue weighted by atomic mass is 32.2. The lowest BCUT2D eigenvalue weighted by Gasteiger charge is -2.02. The zero-order valence-electron chi connectivity index (χ0n) is 5.20. The first kappa shape index (κ1) is 7.49. The third-order valence-electron chi connectivity index (χ3n) is 1.33. The summed E-state index contributed by atoms with van der Waals surface area (Å²) in [5.74, 6) is -0.821. The van der Waals surface area contributed by atoms with Crippen LogP contribution < -0.4 is 11.1 Å². The number of carbonyl (C=O) groups excluding carboxylic acids is 1. The minimum absolute atomic E-state index is 0.000602. The molecule has 0 spiro atoms. The van der Waals surface area contributed by atoms with Gasteiger partial charge < -0.3 is 5.73 Å². The quantitative estimate of drug-likeness (QED) is 0.461. The Morgan fingerprint density at radius 3 is 2.40 bits per heavy atom. The lowest BCUT2D eigenvalue weighted by molar-refractivity contribution is -0.118. The van der Waals surface area contributed by atoms with Crippen molar-refractivity contribution in [1.82, 2.24) is 5.32 Å². The van der Waals surface area contributed by atoms with Crippen molar-refractivity contribution < 1.29 is 13.2 Å². The van der Waals surface area contributed by atoms with E-state index in [0.717, 1.165) is 0 Å². The molecule has 0 bridgehead atoms. The van der Waals surface area contributed by atoms with Crippen molar-refractivity contribution in [3.63, 3.8) is 0 Å². The van der Waals surface area contributed by atoms with Crippen LogP contribution in [-0.4, -0.2) is 32.0 Å². The first-order chi connectivity index (χ1) is 4.54. The van der Waals surface area contributed by atoms with Gasteiger partial charge in [0.15, 0.2) is 15.2 Å². The monoisotopic (exact) mass is 164 g/mol. The summed E-state index contributed by atoms with van der Waals surface area (Å²) in [6, 6.07) is 0. The van der Waals surface area contributed by atoms with Crippen molar-refractivity contribution in [3.05, 3.63) is 0 Å². The molecule has 6 heteroatoms. The topological polar surface area (TPSA) is 89.3 Å². The Bertz CT molecular complexity index is 245. The number of nitrogens with one attached hydrogen (secondary N) is 1. The first-order valence-corrected chi connectivity index (χ1v) is 4.50. The standard InChI is InChI=1S/C4H8N2O3S/c5-3(7)4-6-1-2-10(4,8)9/h4,6H,1-2H2,(H2,5,7). The van der Waals surface area contributed by atoms with Crippen molar-refractivity contribution in [2.24, 2.45) is 5.73 Å². The molecule has 10 heavy (non-hydrogen) atoms. The fraction of sp³-hybridized carbons (Fsp3) is 0.750. The van der Waals surface area contributed by atoms with Gasteiger partial charge in [-0.15, -0.1) is 0 Å². The predicted molar refractivity (Wildman–Crippen MR) is 34.8 cm³/mol. The smallest absolute Gasteiger partial charge is 0.250 e. The van der Waals surface area contributed by atoms with E-state index in [-0.39, 0.29) is 5.75 Å². The molecule has 3 N–H and O–H groups in total. The van der Waals surface area contributed by atoms with Crippen molar-refractivity contribution in [3.8, 4) is 0 Å². The van der Waals surface area contributed by atoms with Gasteiger partial charge in [-0.25, -0.2) is 8.42 Å². The summed E-state index contributed by atoms with van der Waals surface area (Å²) < 4.78 is 21.7. The van der Waals surface area contributed by atoms with Gasteiger partial charge >= 0.3 is 0 Å². The summed E-state index contributed by atoms with van der Waals surface area (Å²) in [5, 5.41) is 1.32. The van der Waals surface area contributed by atoms with E-state index in [1.165, 1.54) is 0 Å². The second-order valence-corrected chi connectivity index (χ2v) is 4.31. The summed E-state index contributed by atoms with van der Waals surface area (Å²) in [5.41, 5.74) is 4.79. The van der Waals surface area contributed by atoms with Crippen LogP contribution in [0.2, 0.25) is 0 Å². The van der Waals surface area contributed by atoms with Crippen molar-refractivity contribution in [1.29, 1.82) is 0 Å². The maximum Gasteiger partial charge on any atom is 0.250 e. The average Bonchev–Trinajstić information content (AvgIpc) is 2.08. The number of nitrogens with two attached hydrogens (primary N) is 1. The molecule has 1 fully saturated rings. The Morgan fingerprint density at radius 2 is 2.20 bits per heavy atom. The largest absolute Gasteiger partial charge is 0.367 e. The molecule has 1 aliphatic rings. The molecular weight excluding hydrogens is 156 g/mol. The van der Waals surface area contributed by atoms with E-state index in [0.29, 0.717) is 6.54 Å². The van der Waals surface area contributed by atoms with Gasteiger partial charge in [-0.3, -0.25) is 10.1 Å². The van der Waals surface area contributed by atoms with E-state index in [2.05, 4.69) is 5.32 Å². The van der Waals surface area contributed by atoms with Gasteiger partial charge in [0, 0.05) is 6.54 Å². The summed E-state index contributed by atoms with van der Waals surface area (Å²) in [7, 11) is -3.27. The molecule has 1 amide bonds. The lowest BCUT2D eigenvalue weighted by Crippen LogP contribution is -2.40. The van der Waals surface area contributed by atoms with Crippen LogP contribution in [0.4, 0.5) is 0 Å². The molecule has 0 aromatic rings. The second-order valence-electron chi connectivity index (χ2n) is 2.10. The Kier molecular flexibility index (Phi) is 1.65. The van der Waals surface area contributed by atoms with Crippen LogP contribution >= 0.6 is 0 Å². The zero-order chi connectivity index (χ0) is 7.78. The minimum Gasteiger partial charge on any atom is -0.367 e. The first-order valence-electron chi connectivity index (χ1n) is 2.78. The maximum absolute atomic E-state index is 10.8. The highest BCUT2D eigenvalue weighted by Gasteiger charge is 2.34. The minimum atomic E-state index is -3.27. The van der Waals surface area contributed by atoms with E-state index in [9.17, 15) is 13.2 Å². The predicted octanol–water partition coefficient (Wildman–Crippen LogP) is -2.18. The third kappa shape index (κ3) is 1.12. The molecule has 1 saturated heterocycles. The van der Waals surface area contributed by atoms with Crippen LogP contribution in [0, 0.1) is 0 Å². The Balaban J connectivity index is 2.90. The molecule has 1 heterocycles. The molecule has 1 rings (SSSR count). The third-order valence-corrected chi connectivity index (χ3v) is 3.22. The van der Waals surface area contributed by atoms with Gasteiger partial charge in [-0.2, -0.15) is 0 Å². The molecule has 0 aromatic carbocycles. The molecule has 1 atom stereocenters. The summed E-state index contributed by atoms with van der Waals surface area (Å²) in [6.07, 6.45) is 0. The second kappa shape index (κ2) is 2.21. The maximum atomic E-state index is 10.8. The van der Waals surface area contributed by atoms with Gasteiger partial charge in [0.2, 0.25) is 5.91 Å². The fourth-order valence-electron chi connectivity index (χ4n) is 0.855. The highest BCUT2D eigenvalue weighted by molar-refractivity contribution is 7.93. The molecular formula is C4H8N2O3S. The molecule has 0 radical (unpaired) electrons. The Hall–Kier alpha value is -0.620. The Labute approximate surface area is 58.5 Å². The van der Waals surface area contributed by atoms with E-state index in [4.69, 9.17) is 5.73 Å². The molecule has 5 nitrogen and oxygen atoms in total. The number of hydrogen-bond donors (Lipinski definition) is 2. The summed E-state index contributed by atoms with van der Waals surface area (Å²) >= 11 is 0. The number of hydrogen-bond acceptors (Lipinski definition) is 4. The van der Waals surface area contributed by atoms with E-state index >= 15 is 0 Å². The molecule has 0 saturated carbocycles. The van der Waals surface area contributed by atoms with Crippen LogP contribution in [-0.2, 0) is 14.6 Å². The molecule has 0 aliphatic carbocycles. The van der Waals surface area contributed by atoms with E-state index < -0.39 is 21.1 Å². The van der Waals surface area contributed by atoms with Crippen molar-refractivity contribution in [2.75, 3.05) is 12.3 Å². The van der Waals surface area contributed by atoms with Gasteiger partial charge in [0.1, 0.15) is 0 Å². The van der Waals surface area contributed by atoms with Gasteiger partial charge in [0.05, 0.1) is 5.75 Å². The van der Waals surface area contributed by atoms with Crippen LogP contribution in [0.3, 0.4) is 0 Å². The molecule has 0 aromatic heterocycles. The van der Waals surface area contributed by atoms with Gasteiger partial charge in [-0.1, -0.05) is 0 Å². The van der Waals surface area contributed by atoms with Gasteiger partial charge in [-0.05, 0) is 0 Å². The lowest BCUT2D eigenvalue weighted by atomic mass is 10.6. The van der Waals surface area contributed by atoms with Crippen molar-refractivity contribution >= 4 is 15.7 Å². The SMILES string of the molecule is NC(=O)C1NCCS1(=O)=O. The number of sulfone groups is 1. The average molecular weight is 164 g/mol. The van der Waals surface area contributed by atoms with Crippen LogP contribution in [0.15, 0.2) is 0 Å². The van der Waals surface area contributed by atoms with Gasteiger partial charge in [0.25, 0.3) is 0 Å². The number of amides is 1. The molecule has 1 aliphatic heterocycles. The van der Waals surface area contributed by atoms with Crippen LogP contribution in [0.25, 0.3) is 0 Å². The van der Waals surface area contributed by atoms with E-state index in [1.54, 1.807) is 0 Å². The number of rotatable bonds is 1. The Morgan fingerprint density at radius 1 is 1.60 bits per heavy atom. The van der Waals surface area contributed by atoms with Crippen LogP contribution in [0.5, 0.6) is 0 Å². The van der Waals surface area contributed by atoms with E-state index in [1.807, 2.05) is 0 Å². The highest BCUT2D eigenvalue weighted by Crippen LogP contribution is 2.04. The summed E-state index contributed by atoms with van der Waals surface area (Å²) in [4.78, 5) is 10.4.